The maximum atomic E-state index is 13.5. The predicted molar refractivity (Wildman–Crippen MR) is 172 cm³/mol. The van der Waals surface area contributed by atoms with Crippen LogP contribution in [0.3, 0.4) is 0 Å². The predicted octanol–water partition coefficient (Wildman–Crippen LogP) is 2.68. The van der Waals surface area contributed by atoms with Crippen LogP contribution in [0.5, 0.6) is 23.0 Å². The van der Waals surface area contributed by atoms with Crippen molar-refractivity contribution < 1.29 is 33.4 Å². The van der Waals surface area contributed by atoms with Gasteiger partial charge < -0.3 is 35.1 Å². The summed E-state index contributed by atoms with van der Waals surface area (Å²) in [5, 5.41) is 12.7. The fourth-order valence-corrected chi connectivity index (χ4v) is 5.16. The van der Waals surface area contributed by atoms with Gasteiger partial charge in [0.15, 0.2) is 11.5 Å². The molecule has 0 saturated heterocycles. The Kier molecular flexibility index (Phi) is 12.5. The first-order chi connectivity index (χ1) is 22.7. The number of benzene rings is 2. The van der Waals surface area contributed by atoms with Gasteiger partial charge in [-0.25, -0.2) is 4.98 Å². The molecule has 2 aromatic carbocycles. The number of carbonyl (C=O) groups excluding carboxylic acids is 4. The van der Waals surface area contributed by atoms with Crippen LogP contribution in [-0.2, 0) is 27.5 Å². The van der Waals surface area contributed by atoms with Gasteiger partial charge in [-0.2, -0.15) is 5.10 Å². The molecule has 0 saturated carbocycles. The maximum absolute atomic E-state index is 13.5. The molecule has 0 aliphatic carbocycles. The molecule has 252 valence electrons. The number of amides is 4. The molecule has 0 unspecified atom stereocenters. The van der Waals surface area contributed by atoms with Gasteiger partial charge in [-0.3, -0.25) is 23.9 Å². The van der Waals surface area contributed by atoms with E-state index in [1.165, 1.54) is 25.4 Å². The summed E-state index contributed by atoms with van der Waals surface area (Å²) in [7, 11) is 3.02. The Morgan fingerprint density at radius 2 is 1.85 bits per heavy atom. The number of rotatable bonds is 7. The molecule has 4 rings (SSSR count). The van der Waals surface area contributed by atoms with Gasteiger partial charge >= 0.3 is 0 Å². The molecule has 14 heteroatoms. The molecule has 2 heterocycles. The number of nitrogens with one attached hydrogen (secondary N) is 3. The number of methoxy groups -OCH3 is 2. The Labute approximate surface area is 274 Å². The summed E-state index contributed by atoms with van der Waals surface area (Å²) < 4.78 is 19.0. The van der Waals surface area contributed by atoms with E-state index in [1.54, 1.807) is 47.4 Å². The highest BCUT2D eigenvalue weighted by atomic mass is 16.5. The fourth-order valence-electron chi connectivity index (χ4n) is 5.16. The molecule has 2 bridgehead atoms. The van der Waals surface area contributed by atoms with Gasteiger partial charge in [-0.15, -0.1) is 0 Å². The van der Waals surface area contributed by atoms with Crippen LogP contribution >= 0.6 is 0 Å². The first-order valence-corrected chi connectivity index (χ1v) is 15.7. The van der Waals surface area contributed by atoms with Crippen molar-refractivity contribution in [3.05, 3.63) is 60.2 Å². The summed E-state index contributed by atoms with van der Waals surface area (Å²) >= 11 is 0. The van der Waals surface area contributed by atoms with E-state index in [2.05, 4.69) is 26.0 Å². The summed E-state index contributed by atoms with van der Waals surface area (Å²) in [6.45, 7) is 4.67. The zero-order valence-electron chi connectivity index (χ0n) is 27.3. The van der Waals surface area contributed by atoms with Crippen molar-refractivity contribution in [3.63, 3.8) is 0 Å². The quantitative estimate of drug-likeness (QED) is 0.349. The standard InChI is InChI=1S/C33H43N7O7/c1-22(2)31-33(44)36-18-24-25(45-3)9-7-10-26(24)47-28-17-23(12-13-27(28)46-4)32(43)35-14-5-6-15-39(19-29(41)38-31)30(42)11-8-16-40-21-34-20-37-40/h7,9-10,12-13,17,20-22,31H,5-6,8,11,14-16,18-19H2,1-4H3,(H,35,43)(H,36,44)(H,38,41)/t31-/m1/s1. The average molecular weight is 650 g/mol. The van der Waals surface area contributed by atoms with Crippen LogP contribution in [0.4, 0.5) is 0 Å². The van der Waals surface area contributed by atoms with Crippen LogP contribution in [0.1, 0.15) is 55.5 Å². The third-order valence-electron chi connectivity index (χ3n) is 7.73. The topological polar surface area (TPSA) is 166 Å². The molecule has 3 N–H and O–H groups in total. The third-order valence-corrected chi connectivity index (χ3v) is 7.73. The average Bonchev–Trinajstić information content (AvgIpc) is 3.58. The van der Waals surface area contributed by atoms with Crippen molar-refractivity contribution in [2.45, 2.75) is 58.7 Å². The minimum atomic E-state index is -0.858. The monoisotopic (exact) mass is 649 g/mol. The summed E-state index contributed by atoms with van der Waals surface area (Å²) in [6.07, 6.45) is 4.86. The zero-order valence-corrected chi connectivity index (χ0v) is 27.3. The lowest BCUT2D eigenvalue weighted by Gasteiger charge is -2.26. The number of carbonyl (C=O) groups is 4. The Balaban J connectivity index is 1.59. The van der Waals surface area contributed by atoms with E-state index in [4.69, 9.17) is 14.2 Å². The number of hydrogen-bond donors (Lipinski definition) is 3. The lowest BCUT2D eigenvalue weighted by Crippen LogP contribution is -2.52. The molecule has 0 fully saturated rings. The highest BCUT2D eigenvalue weighted by molar-refractivity contribution is 5.95. The minimum Gasteiger partial charge on any atom is -0.496 e. The summed E-state index contributed by atoms with van der Waals surface area (Å²) in [4.78, 5) is 58.5. The van der Waals surface area contributed by atoms with Crippen molar-refractivity contribution in [3.8, 4) is 23.0 Å². The first-order valence-electron chi connectivity index (χ1n) is 15.7. The van der Waals surface area contributed by atoms with E-state index in [9.17, 15) is 19.2 Å². The molecule has 0 radical (unpaired) electrons. The van der Waals surface area contributed by atoms with Gasteiger partial charge in [0.2, 0.25) is 17.7 Å². The van der Waals surface area contributed by atoms with Gasteiger partial charge in [-0.1, -0.05) is 19.9 Å². The summed E-state index contributed by atoms with van der Waals surface area (Å²) in [5.74, 6) is -0.00124. The van der Waals surface area contributed by atoms with Gasteiger partial charge in [0.1, 0.15) is 30.2 Å². The molecule has 3 aromatic rings. The Morgan fingerprint density at radius 1 is 1.04 bits per heavy atom. The molecular weight excluding hydrogens is 606 g/mol. The van der Waals surface area contributed by atoms with E-state index in [0.717, 1.165) is 0 Å². The van der Waals surface area contributed by atoms with E-state index in [1.807, 2.05) is 13.8 Å². The Bertz CT molecular complexity index is 1530. The molecule has 1 aromatic heterocycles. The lowest BCUT2D eigenvalue weighted by molar-refractivity contribution is -0.137. The Hall–Kier alpha value is -5.14. The van der Waals surface area contributed by atoms with E-state index >= 15 is 0 Å². The Morgan fingerprint density at radius 3 is 2.57 bits per heavy atom. The number of hydrogen-bond acceptors (Lipinski definition) is 9. The molecule has 1 atom stereocenters. The van der Waals surface area contributed by atoms with Crippen molar-refractivity contribution in [1.82, 2.24) is 35.6 Å². The highest BCUT2D eigenvalue weighted by Crippen LogP contribution is 2.37. The number of ether oxygens (including phenoxy) is 3. The van der Waals surface area contributed by atoms with E-state index in [-0.39, 0.29) is 37.2 Å². The summed E-state index contributed by atoms with van der Waals surface area (Å²) in [6, 6.07) is 9.25. The van der Waals surface area contributed by atoms with Crippen LogP contribution in [0, 0.1) is 5.92 Å². The second-order valence-corrected chi connectivity index (χ2v) is 11.5. The third kappa shape index (κ3) is 9.67. The normalized spacial score (nSPS) is 16.7. The lowest BCUT2D eigenvalue weighted by atomic mass is 10.0. The molecule has 4 amide bonds. The van der Waals surface area contributed by atoms with Crippen molar-refractivity contribution in [2.24, 2.45) is 5.92 Å². The van der Waals surface area contributed by atoms with Crippen molar-refractivity contribution in [2.75, 3.05) is 33.9 Å². The van der Waals surface area contributed by atoms with Gasteiger partial charge in [0.25, 0.3) is 5.91 Å². The number of aryl methyl sites for hydroxylation is 1. The fraction of sp³-hybridized carbons (Fsp3) is 0.455. The molecule has 1 aliphatic heterocycles. The molecular formula is C33H43N7O7. The second-order valence-electron chi connectivity index (χ2n) is 11.5. The highest BCUT2D eigenvalue weighted by Gasteiger charge is 2.27. The SMILES string of the molecule is COc1ccc2cc1Oc1cccc(OC)c1CNC(=O)[C@@H](C(C)C)NC(=O)CN(C(=O)CCCn1cncn1)CCCCNC2=O. The largest absolute Gasteiger partial charge is 0.496 e. The van der Waals surface area contributed by atoms with Crippen molar-refractivity contribution >= 4 is 23.6 Å². The molecule has 0 spiro atoms. The van der Waals surface area contributed by atoms with E-state index < -0.39 is 17.9 Å². The van der Waals surface area contributed by atoms with Crippen LogP contribution in [0.2, 0.25) is 0 Å². The number of nitrogens with zero attached hydrogens (tertiary/aromatic N) is 4. The van der Waals surface area contributed by atoms with Gasteiger partial charge in [-0.05, 0) is 55.5 Å². The second kappa shape index (κ2) is 17.0. The molecule has 47 heavy (non-hydrogen) atoms. The first kappa shape index (κ1) is 34.7. The van der Waals surface area contributed by atoms with E-state index in [0.29, 0.717) is 73.0 Å². The zero-order chi connectivity index (χ0) is 33.8. The van der Waals surface area contributed by atoms with Crippen LogP contribution < -0.4 is 30.2 Å². The number of fused-ring (bicyclic) bond motifs is 3. The molecule has 14 nitrogen and oxygen atoms in total. The summed E-state index contributed by atoms with van der Waals surface area (Å²) in [5.41, 5.74) is 0.916. The molecule has 1 aliphatic rings. The minimum absolute atomic E-state index is 0.0240. The van der Waals surface area contributed by atoms with Gasteiger partial charge in [0.05, 0.1) is 32.9 Å². The van der Waals surface area contributed by atoms with Gasteiger partial charge in [0, 0.05) is 31.6 Å². The van der Waals surface area contributed by atoms with Crippen molar-refractivity contribution in [1.29, 1.82) is 0 Å². The van der Waals surface area contributed by atoms with Crippen LogP contribution in [0.25, 0.3) is 0 Å². The smallest absolute Gasteiger partial charge is 0.251 e. The van der Waals surface area contributed by atoms with Crippen LogP contribution in [0.15, 0.2) is 49.1 Å². The number of aromatic nitrogens is 3. The van der Waals surface area contributed by atoms with Crippen LogP contribution in [-0.4, -0.2) is 83.2 Å². The maximum Gasteiger partial charge on any atom is 0.251 e.